The van der Waals surface area contributed by atoms with E-state index in [4.69, 9.17) is 16.1 Å². The Morgan fingerprint density at radius 1 is 1.29 bits per heavy atom. The lowest BCUT2D eigenvalue weighted by atomic mass is 9.95. The van der Waals surface area contributed by atoms with Gasteiger partial charge in [0.15, 0.2) is 0 Å². The number of hydrogen-bond donors (Lipinski definition) is 0. The summed E-state index contributed by atoms with van der Waals surface area (Å²) < 4.78 is 11.4. The largest absolute Gasteiger partial charge is 0.490 e. The third-order valence-corrected chi connectivity index (χ3v) is 3.77. The smallest absolute Gasteiger partial charge is 0.127 e. The fraction of sp³-hybridized carbons (Fsp3) is 0.579. The molecule has 0 bridgehead atoms. The molecule has 0 aliphatic heterocycles. The maximum Gasteiger partial charge on any atom is 0.127 e. The molecular formula is C19H28O2. The van der Waals surface area contributed by atoms with Gasteiger partial charge in [0, 0.05) is 13.2 Å². The molecule has 0 N–H and O–H groups in total. The quantitative estimate of drug-likeness (QED) is 0.616. The Morgan fingerprint density at radius 3 is 2.67 bits per heavy atom. The molecule has 2 atom stereocenters. The predicted octanol–water partition coefficient (Wildman–Crippen LogP) is 4.79. The molecule has 1 aromatic carbocycles. The van der Waals surface area contributed by atoms with Gasteiger partial charge in [-0.05, 0) is 36.0 Å². The third-order valence-electron chi connectivity index (χ3n) is 3.77. The van der Waals surface area contributed by atoms with E-state index < -0.39 is 0 Å². The van der Waals surface area contributed by atoms with Crippen LogP contribution >= 0.6 is 0 Å². The van der Waals surface area contributed by atoms with Crippen molar-refractivity contribution < 1.29 is 9.47 Å². The van der Waals surface area contributed by atoms with E-state index in [-0.39, 0.29) is 6.10 Å². The molecule has 0 aliphatic carbocycles. The van der Waals surface area contributed by atoms with Gasteiger partial charge in [0.1, 0.15) is 12.4 Å². The van der Waals surface area contributed by atoms with Gasteiger partial charge in [0.25, 0.3) is 0 Å². The van der Waals surface area contributed by atoms with Gasteiger partial charge in [-0.2, -0.15) is 0 Å². The first-order valence-electron chi connectivity index (χ1n) is 7.79. The van der Waals surface area contributed by atoms with Gasteiger partial charge < -0.3 is 9.47 Å². The Kier molecular flexibility index (Phi) is 8.14. The first-order chi connectivity index (χ1) is 10.1. The van der Waals surface area contributed by atoms with E-state index in [9.17, 15) is 0 Å². The topological polar surface area (TPSA) is 18.5 Å². The predicted molar refractivity (Wildman–Crippen MR) is 88.2 cm³/mol. The molecule has 2 unspecified atom stereocenters. The highest BCUT2D eigenvalue weighted by Crippen LogP contribution is 2.19. The second kappa shape index (κ2) is 9.62. The van der Waals surface area contributed by atoms with Crippen LogP contribution in [0.4, 0.5) is 0 Å². The summed E-state index contributed by atoms with van der Waals surface area (Å²) in [5, 5.41) is 0. The van der Waals surface area contributed by atoms with Gasteiger partial charge in [-0.3, -0.25) is 0 Å². The summed E-state index contributed by atoms with van der Waals surface area (Å²) in [6.07, 6.45) is 5.34. The van der Waals surface area contributed by atoms with Gasteiger partial charge in [0.2, 0.25) is 0 Å². The number of rotatable bonds is 10. The summed E-state index contributed by atoms with van der Waals surface area (Å²) in [6, 6.07) is 8.67. The SMILES string of the molecule is [CH]=Cc1cc[c]c(OCC(OC)C(C)CCCC(C)C)c1. The zero-order valence-corrected chi connectivity index (χ0v) is 13.8. The van der Waals surface area contributed by atoms with Crippen LogP contribution in [-0.4, -0.2) is 19.8 Å². The zero-order valence-electron chi connectivity index (χ0n) is 13.8. The molecule has 2 nitrogen and oxygen atoms in total. The number of methoxy groups -OCH3 is 1. The highest BCUT2D eigenvalue weighted by molar-refractivity contribution is 5.48. The Morgan fingerprint density at radius 2 is 2.05 bits per heavy atom. The number of ether oxygens (including phenoxy) is 2. The molecule has 0 heterocycles. The Labute approximate surface area is 130 Å². The van der Waals surface area contributed by atoms with E-state index in [0.717, 1.165) is 11.5 Å². The van der Waals surface area contributed by atoms with Gasteiger partial charge in [-0.1, -0.05) is 52.3 Å². The minimum absolute atomic E-state index is 0.107. The van der Waals surface area contributed by atoms with Crippen LogP contribution in [0, 0.1) is 24.5 Å². The van der Waals surface area contributed by atoms with E-state index in [1.54, 1.807) is 13.2 Å². The highest BCUT2D eigenvalue weighted by Gasteiger charge is 2.17. The lowest BCUT2D eigenvalue weighted by Crippen LogP contribution is -2.27. The number of benzene rings is 1. The van der Waals surface area contributed by atoms with Gasteiger partial charge in [0.05, 0.1) is 6.10 Å². The first kappa shape index (κ1) is 17.8. The summed E-state index contributed by atoms with van der Waals surface area (Å²) in [6.45, 7) is 12.8. The molecule has 0 aromatic heterocycles. The molecule has 1 aromatic rings. The molecule has 0 spiro atoms. The molecule has 0 fully saturated rings. The van der Waals surface area contributed by atoms with Crippen LogP contribution < -0.4 is 4.74 Å². The van der Waals surface area contributed by atoms with Crippen molar-refractivity contribution in [3.8, 4) is 5.75 Å². The zero-order chi connectivity index (χ0) is 15.7. The van der Waals surface area contributed by atoms with E-state index in [1.807, 2.05) is 18.2 Å². The minimum atomic E-state index is 0.107. The fourth-order valence-electron chi connectivity index (χ4n) is 2.32. The fourth-order valence-corrected chi connectivity index (χ4v) is 2.32. The standard InChI is InChI=1S/C19H28O2/c1-6-17-11-8-12-18(13-17)21-14-19(20-5)16(4)10-7-9-15(2)3/h1,6,8,11,13,15-16,19H,7,9-10,14H2,2-5H3. The van der Waals surface area contributed by atoms with Crippen molar-refractivity contribution in [1.29, 1.82) is 0 Å². The molecule has 0 saturated carbocycles. The average molecular weight is 288 g/mol. The maximum absolute atomic E-state index is 5.79. The Balaban J connectivity index is 2.43. The van der Waals surface area contributed by atoms with Crippen molar-refractivity contribution in [2.45, 2.75) is 46.1 Å². The molecule has 1 rings (SSSR count). The van der Waals surface area contributed by atoms with Crippen LogP contribution in [0.3, 0.4) is 0 Å². The lowest BCUT2D eigenvalue weighted by molar-refractivity contribution is 0.0173. The van der Waals surface area contributed by atoms with E-state index in [0.29, 0.717) is 18.3 Å². The van der Waals surface area contributed by atoms with Crippen molar-refractivity contribution in [2.24, 2.45) is 11.8 Å². The molecule has 116 valence electrons. The second-order valence-electron chi connectivity index (χ2n) is 6.04. The summed E-state index contributed by atoms with van der Waals surface area (Å²) in [4.78, 5) is 0. The summed E-state index contributed by atoms with van der Waals surface area (Å²) >= 11 is 0. The second-order valence-corrected chi connectivity index (χ2v) is 6.04. The summed E-state index contributed by atoms with van der Waals surface area (Å²) in [5.41, 5.74) is 0.933. The van der Waals surface area contributed by atoms with Crippen LogP contribution in [0.5, 0.6) is 5.75 Å². The lowest BCUT2D eigenvalue weighted by Gasteiger charge is -2.23. The highest BCUT2D eigenvalue weighted by atomic mass is 16.5. The third kappa shape index (κ3) is 6.81. The molecule has 2 heteroatoms. The van der Waals surface area contributed by atoms with Crippen molar-refractivity contribution in [3.05, 3.63) is 36.4 Å². The van der Waals surface area contributed by atoms with Gasteiger partial charge in [-0.25, -0.2) is 0 Å². The van der Waals surface area contributed by atoms with Crippen molar-refractivity contribution in [1.82, 2.24) is 0 Å². The average Bonchev–Trinajstić information content (AvgIpc) is 2.47. The Hall–Kier alpha value is -1.28. The van der Waals surface area contributed by atoms with Crippen LogP contribution in [0.2, 0.25) is 0 Å². The molecule has 0 saturated heterocycles. The first-order valence-corrected chi connectivity index (χ1v) is 7.79. The van der Waals surface area contributed by atoms with E-state index >= 15 is 0 Å². The van der Waals surface area contributed by atoms with Gasteiger partial charge >= 0.3 is 0 Å². The maximum atomic E-state index is 5.79. The van der Waals surface area contributed by atoms with Crippen LogP contribution in [0.15, 0.2) is 18.2 Å². The molecule has 0 amide bonds. The van der Waals surface area contributed by atoms with Crippen molar-refractivity contribution in [2.75, 3.05) is 13.7 Å². The van der Waals surface area contributed by atoms with Gasteiger partial charge in [-0.15, -0.1) is 0 Å². The van der Waals surface area contributed by atoms with Crippen molar-refractivity contribution in [3.63, 3.8) is 0 Å². The molecule has 2 radical (unpaired) electrons. The van der Waals surface area contributed by atoms with E-state index in [2.05, 4.69) is 26.8 Å². The minimum Gasteiger partial charge on any atom is -0.490 e. The van der Waals surface area contributed by atoms with Crippen LogP contribution in [0.25, 0.3) is 6.08 Å². The van der Waals surface area contributed by atoms with Crippen LogP contribution in [-0.2, 0) is 4.74 Å². The molecule has 0 aliphatic rings. The summed E-state index contributed by atoms with van der Waals surface area (Å²) in [7, 11) is 1.75. The Bertz CT molecular complexity index is 412. The van der Waals surface area contributed by atoms with Crippen LogP contribution in [0.1, 0.15) is 45.6 Å². The number of hydrogen-bond acceptors (Lipinski definition) is 2. The molecule has 21 heavy (non-hydrogen) atoms. The molecular weight excluding hydrogens is 260 g/mol. The van der Waals surface area contributed by atoms with E-state index in [1.165, 1.54) is 19.3 Å². The van der Waals surface area contributed by atoms with Crippen molar-refractivity contribution >= 4 is 6.08 Å². The summed E-state index contributed by atoms with van der Waals surface area (Å²) in [5.74, 6) is 1.96. The monoisotopic (exact) mass is 288 g/mol. The normalized spacial score (nSPS) is 14.0.